The van der Waals surface area contributed by atoms with Gasteiger partial charge in [0.25, 0.3) is 10.0 Å². The van der Waals surface area contributed by atoms with Gasteiger partial charge in [0.15, 0.2) is 11.6 Å². The van der Waals surface area contributed by atoms with Crippen molar-refractivity contribution in [3.8, 4) is 0 Å². The number of pyridine rings is 1. The molecule has 0 amide bonds. The van der Waals surface area contributed by atoms with Crippen molar-refractivity contribution in [1.82, 2.24) is 14.8 Å². The molecular formula is C15H13FN4O2S. The second-order valence-electron chi connectivity index (χ2n) is 4.80. The van der Waals surface area contributed by atoms with Crippen molar-refractivity contribution in [3.05, 3.63) is 72.4 Å². The van der Waals surface area contributed by atoms with Crippen LogP contribution in [0.2, 0.25) is 0 Å². The largest absolute Gasteiger partial charge is 0.267 e. The summed E-state index contributed by atoms with van der Waals surface area (Å²) in [5.74, 6) is -1.09. The second-order valence-corrected chi connectivity index (χ2v) is 6.48. The Morgan fingerprint density at radius 3 is 2.65 bits per heavy atom. The van der Waals surface area contributed by atoms with Crippen LogP contribution in [0.1, 0.15) is 5.56 Å². The smallest absolute Gasteiger partial charge is 0.266 e. The van der Waals surface area contributed by atoms with Crippen LogP contribution in [0, 0.1) is 5.82 Å². The molecule has 2 heterocycles. The molecule has 0 atom stereocenters. The minimum atomic E-state index is -3.94. The summed E-state index contributed by atoms with van der Waals surface area (Å²) in [6.45, 7) is 0.439. The molecule has 6 nitrogen and oxygen atoms in total. The van der Waals surface area contributed by atoms with E-state index in [0.717, 1.165) is 11.6 Å². The minimum absolute atomic E-state index is 0.0570. The third-order valence-corrected chi connectivity index (χ3v) is 4.39. The molecule has 0 unspecified atom stereocenters. The maximum Gasteiger partial charge on any atom is 0.266 e. The van der Waals surface area contributed by atoms with Crippen molar-refractivity contribution < 1.29 is 12.8 Å². The van der Waals surface area contributed by atoms with Gasteiger partial charge in [-0.05, 0) is 17.7 Å². The molecule has 0 saturated carbocycles. The van der Waals surface area contributed by atoms with Crippen LogP contribution in [-0.2, 0) is 16.6 Å². The average molecular weight is 332 g/mol. The van der Waals surface area contributed by atoms with E-state index in [9.17, 15) is 12.8 Å². The maximum atomic E-state index is 13.5. The van der Waals surface area contributed by atoms with E-state index >= 15 is 0 Å². The third kappa shape index (κ3) is 3.54. The molecule has 0 saturated heterocycles. The van der Waals surface area contributed by atoms with Crippen molar-refractivity contribution in [2.45, 2.75) is 11.4 Å². The fourth-order valence-corrected chi connectivity index (χ4v) is 2.96. The first-order chi connectivity index (χ1) is 11.0. The Hall–Kier alpha value is -2.74. The predicted molar refractivity (Wildman–Crippen MR) is 82.8 cm³/mol. The Kier molecular flexibility index (Phi) is 4.07. The lowest BCUT2D eigenvalue weighted by Gasteiger charge is -2.05. The quantitative estimate of drug-likeness (QED) is 0.777. The molecule has 0 spiro atoms. The summed E-state index contributed by atoms with van der Waals surface area (Å²) in [6.07, 6.45) is 3.90. The Labute approximate surface area is 132 Å². The molecule has 2 aromatic heterocycles. The zero-order valence-electron chi connectivity index (χ0n) is 11.9. The molecule has 1 N–H and O–H groups in total. The van der Waals surface area contributed by atoms with Gasteiger partial charge in [-0.25, -0.2) is 17.8 Å². The van der Waals surface area contributed by atoms with E-state index in [1.54, 1.807) is 0 Å². The summed E-state index contributed by atoms with van der Waals surface area (Å²) in [5, 5.41) is 4.03. The molecule has 118 valence electrons. The Morgan fingerprint density at radius 1 is 1.13 bits per heavy atom. The highest BCUT2D eigenvalue weighted by Gasteiger charge is 2.19. The molecule has 3 aromatic rings. The third-order valence-electron chi connectivity index (χ3n) is 3.10. The van der Waals surface area contributed by atoms with E-state index in [-0.39, 0.29) is 10.7 Å². The normalized spacial score (nSPS) is 11.3. The van der Waals surface area contributed by atoms with Crippen LogP contribution in [0.5, 0.6) is 0 Å². The number of nitrogens with zero attached hydrogens (tertiary/aromatic N) is 3. The SMILES string of the molecule is O=S(=O)(Nc1ncccc1F)c1cnn(Cc2ccccc2)c1. The number of rotatable bonds is 5. The van der Waals surface area contributed by atoms with Crippen LogP contribution >= 0.6 is 0 Å². The van der Waals surface area contributed by atoms with Gasteiger partial charge in [-0.15, -0.1) is 0 Å². The summed E-state index contributed by atoms with van der Waals surface area (Å²) in [5.41, 5.74) is 0.989. The Balaban J connectivity index is 1.80. The molecule has 1 aromatic carbocycles. The predicted octanol–water partition coefficient (Wildman–Crippen LogP) is 2.27. The highest BCUT2D eigenvalue weighted by molar-refractivity contribution is 7.92. The van der Waals surface area contributed by atoms with Gasteiger partial charge in [0.05, 0.1) is 12.7 Å². The number of hydrogen-bond acceptors (Lipinski definition) is 4. The Morgan fingerprint density at radius 2 is 1.91 bits per heavy atom. The molecule has 3 rings (SSSR count). The monoisotopic (exact) mass is 332 g/mol. The highest BCUT2D eigenvalue weighted by atomic mass is 32.2. The number of nitrogens with one attached hydrogen (secondary N) is 1. The van der Waals surface area contributed by atoms with Crippen molar-refractivity contribution in [2.75, 3.05) is 4.72 Å². The molecule has 0 fully saturated rings. The van der Waals surface area contributed by atoms with Gasteiger partial charge in [-0.1, -0.05) is 30.3 Å². The van der Waals surface area contributed by atoms with E-state index in [2.05, 4.69) is 14.8 Å². The van der Waals surface area contributed by atoms with Gasteiger partial charge < -0.3 is 0 Å². The number of aromatic nitrogens is 3. The number of benzene rings is 1. The van der Waals surface area contributed by atoms with Crippen LogP contribution < -0.4 is 4.72 Å². The van der Waals surface area contributed by atoms with Crippen LogP contribution in [0.25, 0.3) is 0 Å². The lowest BCUT2D eigenvalue weighted by Crippen LogP contribution is -2.14. The van der Waals surface area contributed by atoms with Gasteiger partial charge in [-0.3, -0.25) is 9.40 Å². The van der Waals surface area contributed by atoms with Gasteiger partial charge in [0, 0.05) is 12.4 Å². The number of sulfonamides is 1. The molecule has 0 aliphatic rings. The first kappa shape index (κ1) is 15.2. The Bertz CT molecular complexity index is 910. The van der Waals surface area contributed by atoms with Crippen LogP contribution in [0.4, 0.5) is 10.2 Å². The zero-order chi connectivity index (χ0) is 16.3. The molecule has 0 radical (unpaired) electrons. The standard InChI is InChI=1S/C15H13FN4O2S/c16-14-7-4-8-17-15(14)19-23(21,22)13-9-18-20(11-13)10-12-5-2-1-3-6-12/h1-9,11H,10H2,(H,17,19). The van der Waals surface area contributed by atoms with E-state index in [0.29, 0.717) is 6.54 Å². The summed E-state index contributed by atoms with van der Waals surface area (Å²) >= 11 is 0. The molecule has 23 heavy (non-hydrogen) atoms. The maximum absolute atomic E-state index is 13.5. The van der Waals surface area contributed by atoms with Crippen molar-refractivity contribution in [2.24, 2.45) is 0 Å². The van der Waals surface area contributed by atoms with Crippen LogP contribution in [0.3, 0.4) is 0 Å². The lowest BCUT2D eigenvalue weighted by atomic mass is 10.2. The number of halogens is 1. The lowest BCUT2D eigenvalue weighted by molar-refractivity contribution is 0.597. The summed E-state index contributed by atoms with van der Waals surface area (Å²) in [6, 6.07) is 12.0. The van der Waals surface area contributed by atoms with Gasteiger partial charge in [-0.2, -0.15) is 5.10 Å². The van der Waals surface area contributed by atoms with E-state index in [1.807, 2.05) is 30.3 Å². The number of hydrogen-bond donors (Lipinski definition) is 1. The van der Waals surface area contributed by atoms with E-state index in [1.165, 1.54) is 29.3 Å². The van der Waals surface area contributed by atoms with Crippen LogP contribution in [-0.4, -0.2) is 23.2 Å². The second kappa shape index (κ2) is 6.17. The summed E-state index contributed by atoms with van der Waals surface area (Å²) in [7, 11) is -3.94. The summed E-state index contributed by atoms with van der Waals surface area (Å²) in [4.78, 5) is 3.61. The zero-order valence-corrected chi connectivity index (χ0v) is 12.7. The van der Waals surface area contributed by atoms with E-state index in [4.69, 9.17) is 0 Å². The average Bonchev–Trinajstić information content (AvgIpc) is 3.00. The fraction of sp³-hybridized carbons (Fsp3) is 0.0667. The van der Waals surface area contributed by atoms with Gasteiger partial charge in [0.2, 0.25) is 0 Å². The van der Waals surface area contributed by atoms with Crippen LogP contribution in [0.15, 0.2) is 66.0 Å². The molecule has 0 aliphatic heterocycles. The minimum Gasteiger partial charge on any atom is -0.267 e. The molecule has 0 aliphatic carbocycles. The van der Waals surface area contributed by atoms with Gasteiger partial charge in [0.1, 0.15) is 4.90 Å². The topological polar surface area (TPSA) is 76.9 Å². The van der Waals surface area contributed by atoms with Crippen molar-refractivity contribution in [1.29, 1.82) is 0 Å². The van der Waals surface area contributed by atoms with Crippen molar-refractivity contribution >= 4 is 15.8 Å². The first-order valence-corrected chi connectivity index (χ1v) is 8.23. The summed E-state index contributed by atoms with van der Waals surface area (Å²) < 4.78 is 41.6. The van der Waals surface area contributed by atoms with E-state index < -0.39 is 15.8 Å². The first-order valence-electron chi connectivity index (χ1n) is 6.74. The van der Waals surface area contributed by atoms with Crippen molar-refractivity contribution in [3.63, 3.8) is 0 Å². The number of anilines is 1. The molecular weight excluding hydrogens is 319 g/mol. The van der Waals surface area contributed by atoms with Gasteiger partial charge >= 0.3 is 0 Å². The molecule has 0 bridgehead atoms. The molecule has 8 heteroatoms. The highest BCUT2D eigenvalue weighted by Crippen LogP contribution is 2.16. The fourth-order valence-electron chi connectivity index (χ4n) is 1.99.